The van der Waals surface area contributed by atoms with Crippen LogP contribution >= 0.6 is 11.3 Å². The molecule has 8 nitrogen and oxygen atoms in total. The third kappa shape index (κ3) is 3.99. The Hall–Kier alpha value is -2.94. The molecule has 3 rings (SSSR count). The van der Waals surface area contributed by atoms with Gasteiger partial charge in [-0.25, -0.2) is 14.6 Å². The summed E-state index contributed by atoms with van der Waals surface area (Å²) in [4.78, 5) is 42.5. The van der Waals surface area contributed by atoms with E-state index in [9.17, 15) is 14.4 Å². The summed E-state index contributed by atoms with van der Waals surface area (Å²) >= 11 is 0.969. The predicted molar refractivity (Wildman–Crippen MR) is 106 cm³/mol. The van der Waals surface area contributed by atoms with E-state index in [1.165, 1.54) is 4.40 Å². The molecule has 0 spiro atoms. The number of nitrogens with zero attached hydrogens (tertiary/aromatic N) is 2. The van der Waals surface area contributed by atoms with Gasteiger partial charge in [0, 0.05) is 12.7 Å². The van der Waals surface area contributed by atoms with Crippen LogP contribution in [0, 0.1) is 0 Å². The van der Waals surface area contributed by atoms with Gasteiger partial charge in [-0.15, -0.1) is 11.3 Å². The number of hydrogen-bond donors (Lipinski definition) is 1. The Morgan fingerprint density at radius 2 is 2.11 bits per heavy atom. The zero-order valence-corrected chi connectivity index (χ0v) is 16.7. The standard InChI is InChI=1S/C19H21N3O5S/c1-4-5-9-20-19(25)27-14-13-16(28-15(14)18(24)26-11(2)3)21-12-8-6-7-10-22(12)17(13)23/h6-8,10-11H,4-5,9H2,1-3H3,(H,20,25). The summed E-state index contributed by atoms with van der Waals surface area (Å²) in [7, 11) is 0. The van der Waals surface area contributed by atoms with E-state index in [-0.39, 0.29) is 22.1 Å². The highest BCUT2D eigenvalue weighted by atomic mass is 32.1. The maximum absolute atomic E-state index is 13.0. The number of carbonyl (C=O) groups is 2. The van der Waals surface area contributed by atoms with E-state index in [1.54, 1.807) is 38.2 Å². The second-order valence-electron chi connectivity index (χ2n) is 6.41. The number of hydrogen-bond acceptors (Lipinski definition) is 7. The molecule has 9 heteroatoms. The van der Waals surface area contributed by atoms with Gasteiger partial charge in [-0.05, 0) is 32.4 Å². The van der Waals surface area contributed by atoms with Crippen molar-refractivity contribution in [1.29, 1.82) is 0 Å². The van der Waals surface area contributed by atoms with Crippen LogP contribution in [0.15, 0.2) is 29.2 Å². The van der Waals surface area contributed by atoms with Crippen LogP contribution in [0.2, 0.25) is 0 Å². The van der Waals surface area contributed by atoms with Crippen LogP contribution in [0.25, 0.3) is 15.9 Å². The van der Waals surface area contributed by atoms with Gasteiger partial charge in [0.1, 0.15) is 15.9 Å². The zero-order valence-electron chi connectivity index (χ0n) is 15.9. The Kier molecular flexibility index (Phi) is 5.93. The van der Waals surface area contributed by atoms with Crippen LogP contribution in [0.1, 0.15) is 43.3 Å². The van der Waals surface area contributed by atoms with Crippen LogP contribution in [0.3, 0.4) is 0 Å². The fourth-order valence-electron chi connectivity index (χ4n) is 2.59. The van der Waals surface area contributed by atoms with E-state index in [0.717, 1.165) is 24.2 Å². The van der Waals surface area contributed by atoms with Gasteiger partial charge in [-0.2, -0.15) is 0 Å². The average Bonchev–Trinajstić information content (AvgIpc) is 3.00. The average molecular weight is 403 g/mol. The van der Waals surface area contributed by atoms with Crippen molar-refractivity contribution in [2.45, 2.75) is 39.7 Å². The fourth-order valence-corrected chi connectivity index (χ4v) is 3.57. The van der Waals surface area contributed by atoms with Crippen LogP contribution in [0.4, 0.5) is 4.79 Å². The van der Waals surface area contributed by atoms with E-state index in [2.05, 4.69) is 10.3 Å². The van der Waals surface area contributed by atoms with Crippen molar-refractivity contribution in [1.82, 2.24) is 14.7 Å². The molecule has 0 bridgehead atoms. The number of ether oxygens (including phenoxy) is 2. The van der Waals surface area contributed by atoms with Gasteiger partial charge in [-0.3, -0.25) is 9.20 Å². The number of thiophene rings is 1. The molecule has 0 aromatic carbocycles. The first-order valence-electron chi connectivity index (χ1n) is 9.03. The number of fused-ring (bicyclic) bond motifs is 2. The molecule has 0 aliphatic carbocycles. The zero-order chi connectivity index (χ0) is 20.3. The Morgan fingerprint density at radius 3 is 2.82 bits per heavy atom. The lowest BCUT2D eigenvalue weighted by molar-refractivity contribution is 0.0381. The maximum Gasteiger partial charge on any atom is 0.412 e. The Balaban J connectivity index is 2.13. The van der Waals surface area contributed by atoms with Crippen molar-refractivity contribution < 1.29 is 19.1 Å². The Bertz CT molecular complexity index is 1090. The highest BCUT2D eigenvalue weighted by Crippen LogP contribution is 2.36. The van der Waals surface area contributed by atoms with Crippen LogP contribution in [0.5, 0.6) is 5.75 Å². The van der Waals surface area contributed by atoms with Crippen LogP contribution in [-0.2, 0) is 4.74 Å². The second kappa shape index (κ2) is 8.39. The van der Waals surface area contributed by atoms with Gasteiger partial charge >= 0.3 is 12.1 Å². The maximum atomic E-state index is 13.0. The summed E-state index contributed by atoms with van der Waals surface area (Å²) in [5.74, 6) is -0.779. The number of pyridine rings is 1. The van der Waals surface area contributed by atoms with Crippen molar-refractivity contribution in [3.63, 3.8) is 0 Å². The second-order valence-corrected chi connectivity index (χ2v) is 7.41. The van der Waals surface area contributed by atoms with Crippen molar-refractivity contribution in [3.05, 3.63) is 39.6 Å². The molecule has 1 amide bonds. The molecule has 0 aliphatic rings. The lowest BCUT2D eigenvalue weighted by Crippen LogP contribution is -2.28. The smallest absolute Gasteiger partial charge is 0.412 e. The van der Waals surface area contributed by atoms with E-state index < -0.39 is 17.6 Å². The molecule has 0 aliphatic heterocycles. The molecule has 0 saturated carbocycles. The largest absolute Gasteiger partial charge is 0.459 e. The summed E-state index contributed by atoms with van der Waals surface area (Å²) in [6.45, 7) is 5.86. The monoisotopic (exact) mass is 403 g/mol. The van der Waals surface area contributed by atoms with E-state index >= 15 is 0 Å². The first kappa shape index (κ1) is 19.8. The van der Waals surface area contributed by atoms with Gasteiger partial charge in [-0.1, -0.05) is 19.4 Å². The molecular weight excluding hydrogens is 382 g/mol. The summed E-state index contributed by atoms with van der Waals surface area (Å²) in [5.41, 5.74) is 0.0146. The molecular formula is C19H21N3O5S. The fraction of sp³-hybridized carbons (Fsp3) is 0.368. The lowest BCUT2D eigenvalue weighted by atomic mass is 10.3. The SMILES string of the molecule is CCCCNC(=O)Oc1c(C(=O)OC(C)C)sc2nc3ccccn3c(=O)c12. The Morgan fingerprint density at radius 1 is 1.32 bits per heavy atom. The van der Waals surface area contributed by atoms with Gasteiger partial charge in [0.05, 0.1) is 6.10 Å². The van der Waals surface area contributed by atoms with Gasteiger partial charge < -0.3 is 14.8 Å². The third-order valence-corrected chi connectivity index (χ3v) is 4.90. The van der Waals surface area contributed by atoms with E-state index in [1.807, 2.05) is 6.92 Å². The number of rotatable bonds is 6. The predicted octanol–water partition coefficient (Wildman–Crippen LogP) is 3.36. The van der Waals surface area contributed by atoms with Gasteiger partial charge in [0.25, 0.3) is 5.56 Å². The minimum absolute atomic E-state index is 0.0369. The van der Waals surface area contributed by atoms with Crippen molar-refractivity contribution in [2.24, 2.45) is 0 Å². The Labute approximate surface area is 165 Å². The lowest BCUT2D eigenvalue weighted by Gasteiger charge is -2.09. The highest BCUT2D eigenvalue weighted by Gasteiger charge is 2.27. The normalized spacial score (nSPS) is 11.1. The van der Waals surface area contributed by atoms with Crippen molar-refractivity contribution in [3.8, 4) is 5.75 Å². The number of unbranched alkanes of at least 4 members (excludes halogenated alkanes) is 1. The quantitative estimate of drug-likeness (QED) is 0.500. The molecule has 28 heavy (non-hydrogen) atoms. The molecule has 148 valence electrons. The molecule has 0 radical (unpaired) electrons. The molecule has 0 fully saturated rings. The first-order valence-corrected chi connectivity index (χ1v) is 9.84. The van der Waals surface area contributed by atoms with Gasteiger partial charge in [0.15, 0.2) is 10.6 Å². The summed E-state index contributed by atoms with van der Waals surface area (Å²) < 4.78 is 12.0. The molecule has 0 unspecified atom stereocenters. The minimum Gasteiger partial charge on any atom is -0.459 e. The van der Waals surface area contributed by atoms with Crippen molar-refractivity contribution >= 4 is 39.3 Å². The number of carbonyl (C=O) groups excluding carboxylic acids is 2. The minimum atomic E-state index is -0.732. The molecule has 0 saturated heterocycles. The molecule has 3 aromatic rings. The number of nitrogens with one attached hydrogen (secondary N) is 1. The topological polar surface area (TPSA) is 99.0 Å². The molecule has 0 atom stereocenters. The molecule has 1 N–H and O–H groups in total. The van der Waals surface area contributed by atoms with Crippen molar-refractivity contribution in [2.75, 3.05) is 6.54 Å². The number of amides is 1. The highest BCUT2D eigenvalue weighted by molar-refractivity contribution is 7.20. The summed E-state index contributed by atoms with van der Waals surface area (Å²) in [6, 6.07) is 5.14. The first-order chi connectivity index (χ1) is 13.4. The molecule has 3 heterocycles. The third-order valence-electron chi connectivity index (χ3n) is 3.86. The molecule has 3 aromatic heterocycles. The summed E-state index contributed by atoms with van der Waals surface area (Å²) in [5, 5.41) is 2.69. The summed E-state index contributed by atoms with van der Waals surface area (Å²) in [6.07, 6.45) is 2.17. The number of aromatic nitrogens is 2. The van der Waals surface area contributed by atoms with E-state index in [0.29, 0.717) is 17.0 Å². The van der Waals surface area contributed by atoms with E-state index in [4.69, 9.17) is 9.47 Å². The van der Waals surface area contributed by atoms with Crippen LogP contribution in [-0.4, -0.2) is 34.1 Å². The van der Waals surface area contributed by atoms with Gasteiger partial charge in [0.2, 0.25) is 0 Å². The number of esters is 1. The van der Waals surface area contributed by atoms with Crippen LogP contribution < -0.4 is 15.6 Å².